The minimum atomic E-state index is -0.467. The van der Waals surface area contributed by atoms with Gasteiger partial charge >= 0.3 is 0 Å². The molecule has 0 aliphatic carbocycles. The third kappa shape index (κ3) is 2.30. The predicted molar refractivity (Wildman–Crippen MR) is 78.1 cm³/mol. The number of para-hydroxylation sites is 1. The Labute approximate surface area is 122 Å². The van der Waals surface area contributed by atoms with Gasteiger partial charge in [0.25, 0.3) is 5.91 Å². The van der Waals surface area contributed by atoms with Crippen molar-refractivity contribution < 1.29 is 9.18 Å². The molecule has 0 radical (unpaired) electrons. The predicted octanol–water partition coefficient (Wildman–Crippen LogP) is 3.72. The third-order valence-electron chi connectivity index (χ3n) is 2.88. The van der Waals surface area contributed by atoms with E-state index in [4.69, 9.17) is 0 Å². The number of fused-ring (bicyclic) bond motifs is 1. The summed E-state index contributed by atoms with van der Waals surface area (Å²) in [5.74, 6) is -0.472. The molecule has 20 heavy (non-hydrogen) atoms. The van der Waals surface area contributed by atoms with Crippen molar-refractivity contribution in [1.29, 1.82) is 0 Å². The van der Waals surface area contributed by atoms with E-state index >= 15 is 0 Å². The number of aromatic amines is 1. The van der Waals surface area contributed by atoms with Crippen LogP contribution in [0.25, 0.3) is 10.9 Å². The third-order valence-corrected chi connectivity index (χ3v) is 3.57. The van der Waals surface area contributed by atoms with Gasteiger partial charge in [0.05, 0.1) is 11.1 Å². The highest BCUT2D eigenvalue weighted by Gasteiger charge is 2.14. The SMILES string of the molecule is O=C(Nc1n[nH]c2ccccc12)c1cc(F)ccc1Br. The number of nitrogens with zero attached hydrogens (tertiary/aromatic N) is 1. The first kappa shape index (κ1) is 12.8. The van der Waals surface area contributed by atoms with Crippen molar-refractivity contribution in [3.05, 3.63) is 58.3 Å². The van der Waals surface area contributed by atoms with Gasteiger partial charge in [-0.3, -0.25) is 9.89 Å². The lowest BCUT2D eigenvalue weighted by Gasteiger charge is -2.05. The number of hydrogen-bond acceptors (Lipinski definition) is 2. The van der Waals surface area contributed by atoms with E-state index in [1.807, 2.05) is 24.3 Å². The summed E-state index contributed by atoms with van der Waals surface area (Å²) in [5, 5.41) is 10.3. The van der Waals surface area contributed by atoms with E-state index in [0.29, 0.717) is 10.3 Å². The Morgan fingerprint density at radius 3 is 2.90 bits per heavy atom. The van der Waals surface area contributed by atoms with Crippen molar-refractivity contribution in [2.24, 2.45) is 0 Å². The molecule has 100 valence electrons. The monoisotopic (exact) mass is 333 g/mol. The maximum absolute atomic E-state index is 13.2. The number of anilines is 1. The largest absolute Gasteiger partial charge is 0.305 e. The summed E-state index contributed by atoms with van der Waals surface area (Å²) in [7, 11) is 0. The van der Waals surface area contributed by atoms with Crippen molar-refractivity contribution in [3.63, 3.8) is 0 Å². The van der Waals surface area contributed by atoms with Crippen molar-refractivity contribution in [3.8, 4) is 0 Å². The number of H-pyrrole nitrogens is 1. The van der Waals surface area contributed by atoms with Crippen molar-refractivity contribution in [2.45, 2.75) is 0 Å². The molecule has 4 nitrogen and oxygen atoms in total. The molecule has 0 aliphatic heterocycles. The number of amides is 1. The summed E-state index contributed by atoms with van der Waals surface area (Å²) in [6.45, 7) is 0. The summed E-state index contributed by atoms with van der Waals surface area (Å²) < 4.78 is 13.7. The fourth-order valence-electron chi connectivity index (χ4n) is 1.91. The lowest BCUT2D eigenvalue weighted by atomic mass is 10.2. The van der Waals surface area contributed by atoms with E-state index in [1.165, 1.54) is 18.2 Å². The number of carbonyl (C=O) groups is 1. The molecule has 0 saturated heterocycles. The van der Waals surface area contributed by atoms with Gasteiger partial charge in [-0.05, 0) is 46.3 Å². The van der Waals surface area contributed by atoms with Crippen LogP contribution in [-0.4, -0.2) is 16.1 Å². The molecule has 0 spiro atoms. The smallest absolute Gasteiger partial charge is 0.258 e. The second-order valence-corrected chi connectivity index (χ2v) is 5.05. The molecular formula is C14H9BrFN3O. The summed E-state index contributed by atoms with van der Waals surface area (Å²) in [6, 6.07) is 11.4. The molecule has 0 unspecified atom stereocenters. The summed E-state index contributed by atoms with van der Waals surface area (Å²) >= 11 is 3.23. The van der Waals surface area contributed by atoms with Gasteiger partial charge in [0.2, 0.25) is 0 Å². The van der Waals surface area contributed by atoms with E-state index in [9.17, 15) is 9.18 Å². The van der Waals surface area contributed by atoms with Crippen LogP contribution in [0.1, 0.15) is 10.4 Å². The molecule has 3 rings (SSSR count). The van der Waals surface area contributed by atoms with Gasteiger partial charge in [0.15, 0.2) is 5.82 Å². The maximum Gasteiger partial charge on any atom is 0.258 e. The van der Waals surface area contributed by atoms with Gasteiger partial charge in [-0.1, -0.05) is 12.1 Å². The van der Waals surface area contributed by atoms with E-state index in [1.54, 1.807) is 0 Å². The van der Waals surface area contributed by atoms with Crippen molar-refractivity contribution in [1.82, 2.24) is 10.2 Å². The van der Waals surface area contributed by atoms with Gasteiger partial charge in [0, 0.05) is 9.86 Å². The molecule has 1 heterocycles. The number of benzene rings is 2. The van der Waals surface area contributed by atoms with E-state index in [0.717, 1.165) is 10.9 Å². The Hall–Kier alpha value is -2.21. The van der Waals surface area contributed by atoms with E-state index in [2.05, 4.69) is 31.4 Å². The highest BCUT2D eigenvalue weighted by molar-refractivity contribution is 9.10. The molecule has 2 N–H and O–H groups in total. The molecule has 0 fully saturated rings. The first-order valence-corrected chi connectivity index (χ1v) is 6.64. The van der Waals surface area contributed by atoms with Gasteiger partial charge in [-0.15, -0.1) is 0 Å². The Morgan fingerprint density at radius 2 is 2.05 bits per heavy atom. The quantitative estimate of drug-likeness (QED) is 0.750. The number of aromatic nitrogens is 2. The highest BCUT2D eigenvalue weighted by Crippen LogP contribution is 2.22. The van der Waals surface area contributed by atoms with Crippen LogP contribution < -0.4 is 5.32 Å². The van der Waals surface area contributed by atoms with E-state index < -0.39 is 11.7 Å². The molecule has 6 heteroatoms. The van der Waals surface area contributed by atoms with Crippen LogP contribution in [0, 0.1) is 5.82 Å². The molecule has 1 aromatic heterocycles. The van der Waals surface area contributed by atoms with Gasteiger partial charge < -0.3 is 5.32 Å². The summed E-state index contributed by atoms with van der Waals surface area (Å²) in [5.41, 5.74) is 1.04. The molecule has 0 atom stereocenters. The zero-order valence-corrected chi connectivity index (χ0v) is 11.7. The average molecular weight is 334 g/mol. The number of rotatable bonds is 2. The molecule has 0 aliphatic rings. The van der Waals surface area contributed by atoms with Crippen molar-refractivity contribution in [2.75, 3.05) is 5.32 Å². The topological polar surface area (TPSA) is 57.8 Å². The molecular weight excluding hydrogens is 325 g/mol. The standard InChI is InChI=1S/C14H9BrFN3O/c15-11-6-5-8(16)7-10(11)14(20)17-13-9-3-1-2-4-12(9)18-19-13/h1-7H,(H2,17,18,19,20). The summed E-state index contributed by atoms with van der Waals surface area (Å²) in [4.78, 5) is 12.2. The number of nitrogens with one attached hydrogen (secondary N) is 2. The van der Waals surface area contributed by atoms with Gasteiger partial charge in [0.1, 0.15) is 5.82 Å². The first-order valence-electron chi connectivity index (χ1n) is 5.84. The molecule has 2 aromatic carbocycles. The number of carbonyl (C=O) groups excluding carboxylic acids is 1. The fraction of sp³-hybridized carbons (Fsp3) is 0. The normalized spacial score (nSPS) is 10.7. The molecule has 1 amide bonds. The zero-order valence-electron chi connectivity index (χ0n) is 10.2. The van der Waals surface area contributed by atoms with Crippen LogP contribution in [0.5, 0.6) is 0 Å². The maximum atomic E-state index is 13.2. The Bertz CT molecular complexity index is 800. The second kappa shape index (κ2) is 5.05. The minimum absolute atomic E-state index is 0.220. The number of halogens is 2. The van der Waals surface area contributed by atoms with Crippen LogP contribution in [-0.2, 0) is 0 Å². The van der Waals surface area contributed by atoms with E-state index in [-0.39, 0.29) is 5.56 Å². The fourth-order valence-corrected chi connectivity index (χ4v) is 2.33. The van der Waals surface area contributed by atoms with Gasteiger partial charge in [-0.25, -0.2) is 4.39 Å². The number of hydrogen-bond donors (Lipinski definition) is 2. The Balaban J connectivity index is 1.94. The second-order valence-electron chi connectivity index (χ2n) is 4.20. The van der Waals surface area contributed by atoms with Crippen LogP contribution in [0.3, 0.4) is 0 Å². The van der Waals surface area contributed by atoms with Crippen LogP contribution in [0.4, 0.5) is 10.2 Å². The van der Waals surface area contributed by atoms with Crippen LogP contribution in [0.2, 0.25) is 0 Å². The Kier molecular flexibility index (Phi) is 3.23. The minimum Gasteiger partial charge on any atom is -0.305 e. The molecule has 0 saturated carbocycles. The van der Waals surface area contributed by atoms with Gasteiger partial charge in [-0.2, -0.15) is 5.10 Å². The lowest BCUT2D eigenvalue weighted by molar-refractivity contribution is 0.102. The van der Waals surface area contributed by atoms with Crippen LogP contribution >= 0.6 is 15.9 Å². The van der Waals surface area contributed by atoms with Crippen molar-refractivity contribution >= 4 is 38.6 Å². The first-order chi connectivity index (χ1) is 9.65. The molecule has 0 bridgehead atoms. The lowest BCUT2D eigenvalue weighted by Crippen LogP contribution is -2.13. The molecule has 3 aromatic rings. The highest BCUT2D eigenvalue weighted by atomic mass is 79.9. The Morgan fingerprint density at radius 1 is 1.25 bits per heavy atom. The zero-order chi connectivity index (χ0) is 14.1. The summed E-state index contributed by atoms with van der Waals surface area (Å²) in [6.07, 6.45) is 0. The average Bonchev–Trinajstić information content (AvgIpc) is 2.85. The van der Waals surface area contributed by atoms with Crippen LogP contribution in [0.15, 0.2) is 46.9 Å².